The highest BCUT2D eigenvalue weighted by Crippen LogP contribution is 2.18. The molecule has 0 fully saturated rings. The smallest absolute Gasteiger partial charge is 0.182 e. The molecule has 0 atom stereocenters. The molecule has 0 aromatic carbocycles. The van der Waals surface area contributed by atoms with Gasteiger partial charge in [0.1, 0.15) is 5.69 Å². The van der Waals surface area contributed by atoms with Crippen LogP contribution in [-0.2, 0) is 6.54 Å². The lowest BCUT2D eigenvalue weighted by atomic mass is 10.1. The zero-order chi connectivity index (χ0) is 12.7. The van der Waals surface area contributed by atoms with Crippen LogP contribution in [0, 0.1) is 0 Å². The van der Waals surface area contributed by atoms with E-state index in [1.165, 1.54) is 12.8 Å². The Morgan fingerprint density at radius 3 is 2.71 bits per heavy atom. The number of unbranched alkanes of at least 4 members (excludes halogenated alkanes) is 3. The van der Waals surface area contributed by atoms with Crippen molar-refractivity contribution in [3.8, 4) is 0 Å². The number of aromatic nitrogens is 2. The fourth-order valence-electron chi connectivity index (χ4n) is 1.85. The van der Waals surface area contributed by atoms with Gasteiger partial charge in [0.2, 0.25) is 0 Å². The molecular formula is C13H21ClN2O. The standard InChI is InChI=1S/C13H21ClN2O/c1-3-5-6-7-8-12(17)13-11(14)10-15-16(13)9-4-2/h10H,3-9H2,1-2H3. The van der Waals surface area contributed by atoms with Gasteiger partial charge in [-0.05, 0) is 12.8 Å². The van der Waals surface area contributed by atoms with Crippen LogP contribution >= 0.6 is 11.6 Å². The maximum absolute atomic E-state index is 12.0. The van der Waals surface area contributed by atoms with Crippen LogP contribution in [0.5, 0.6) is 0 Å². The van der Waals surface area contributed by atoms with E-state index in [-0.39, 0.29) is 5.78 Å². The molecule has 0 radical (unpaired) electrons. The van der Waals surface area contributed by atoms with Crippen molar-refractivity contribution in [1.82, 2.24) is 9.78 Å². The first kappa shape index (κ1) is 14.2. The Hall–Kier alpha value is -0.830. The second-order valence-corrected chi connectivity index (χ2v) is 4.71. The first-order valence-corrected chi connectivity index (χ1v) is 6.83. The highest BCUT2D eigenvalue weighted by Gasteiger charge is 2.16. The first-order valence-electron chi connectivity index (χ1n) is 6.45. The van der Waals surface area contributed by atoms with Crippen molar-refractivity contribution in [2.24, 2.45) is 0 Å². The third-order valence-electron chi connectivity index (χ3n) is 2.75. The first-order chi connectivity index (χ1) is 8.20. The van der Waals surface area contributed by atoms with E-state index in [1.54, 1.807) is 10.9 Å². The number of nitrogens with zero attached hydrogens (tertiary/aromatic N) is 2. The van der Waals surface area contributed by atoms with E-state index in [0.717, 1.165) is 25.8 Å². The molecule has 4 heteroatoms. The molecule has 0 aliphatic rings. The highest BCUT2D eigenvalue weighted by molar-refractivity contribution is 6.33. The molecule has 0 saturated heterocycles. The highest BCUT2D eigenvalue weighted by atomic mass is 35.5. The minimum Gasteiger partial charge on any atom is -0.292 e. The zero-order valence-electron chi connectivity index (χ0n) is 10.7. The van der Waals surface area contributed by atoms with Crippen LogP contribution in [-0.4, -0.2) is 15.6 Å². The largest absolute Gasteiger partial charge is 0.292 e. The minimum absolute atomic E-state index is 0.122. The van der Waals surface area contributed by atoms with Crippen LogP contribution < -0.4 is 0 Å². The van der Waals surface area contributed by atoms with E-state index in [2.05, 4.69) is 18.9 Å². The number of rotatable bonds is 8. The van der Waals surface area contributed by atoms with E-state index < -0.39 is 0 Å². The minimum atomic E-state index is 0.122. The summed E-state index contributed by atoms with van der Waals surface area (Å²) in [7, 11) is 0. The average Bonchev–Trinajstić information content (AvgIpc) is 2.66. The van der Waals surface area contributed by atoms with Crippen LogP contribution in [0.15, 0.2) is 6.20 Å². The van der Waals surface area contributed by atoms with Crippen LogP contribution in [0.4, 0.5) is 0 Å². The van der Waals surface area contributed by atoms with Crippen LogP contribution in [0.2, 0.25) is 5.02 Å². The van der Waals surface area contributed by atoms with Gasteiger partial charge < -0.3 is 0 Å². The Bertz CT molecular complexity index is 360. The van der Waals surface area contributed by atoms with E-state index >= 15 is 0 Å². The maximum atomic E-state index is 12.0. The molecule has 0 N–H and O–H groups in total. The molecule has 0 aliphatic heterocycles. The van der Waals surface area contributed by atoms with Crippen molar-refractivity contribution in [1.29, 1.82) is 0 Å². The number of aryl methyl sites for hydroxylation is 1. The molecule has 0 unspecified atom stereocenters. The Kier molecular flexibility index (Phi) is 6.27. The monoisotopic (exact) mass is 256 g/mol. The van der Waals surface area contributed by atoms with Gasteiger partial charge in [-0.15, -0.1) is 0 Å². The van der Waals surface area contributed by atoms with Crippen molar-refractivity contribution < 1.29 is 4.79 Å². The SMILES string of the molecule is CCCCCCC(=O)c1c(Cl)cnn1CCC. The number of halogens is 1. The molecule has 0 spiro atoms. The maximum Gasteiger partial charge on any atom is 0.182 e. The summed E-state index contributed by atoms with van der Waals surface area (Å²) in [6, 6.07) is 0. The predicted molar refractivity (Wildman–Crippen MR) is 70.6 cm³/mol. The zero-order valence-corrected chi connectivity index (χ0v) is 11.5. The predicted octanol–water partition coefficient (Wildman–Crippen LogP) is 4.10. The molecule has 1 aromatic rings. The number of ketones is 1. The van der Waals surface area contributed by atoms with Gasteiger partial charge in [-0.25, -0.2) is 0 Å². The molecule has 96 valence electrons. The van der Waals surface area contributed by atoms with Gasteiger partial charge in [0, 0.05) is 13.0 Å². The van der Waals surface area contributed by atoms with Crippen molar-refractivity contribution in [2.45, 2.75) is 58.9 Å². The summed E-state index contributed by atoms with van der Waals surface area (Å²) >= 11 is 6.01. The summed E-state index contributed by atoms with van der Waals surface area (Å²) in [6.07, 6.45) is 7.53. The molecule has 0 saturated carbocycles. The Balaban J connectivity index is 2.58. The number of hydrogen-bond donors (Lipinski definition) is 0. The van der Waals surface area contributed by atoms with E-state index in [1.807, 2.05) is 0 Å². The Morgan fingerprint density at radius 1 is 1.29 bits per heavy atom. The molecule has 1 heterocycles. The van der Waals surface area contributed by atoms with Gasteiger partial charge in [0.05, 0.1) is 11.2 Å². The topological polar surface area (TPSA) is 34.9 Å². The lowest BCUT2D eigenvalue weighted by Gasteiger charge is -2.05. The molecule has 3 nitrogen and oxygen atoms in total. The molecule has 1 rings (SSSR count). The quantitative estimate of drug-likeness (QED) is 0.518. The molecule has 17 heavy (non-hydrogen) atoms. The third kappa shape index (κ3) is 4.15. The van der Waals surface area contributed by atoms with Crippen molar-refractivity contribution in [3.63, 3.8) is 0 Å². The lowest BCUT2D eigenvalue weighted by molar-refractivity contribution is 0.0968. The van der Waals surface area contributed by atoms with Gasteiger partial charge in [0.25, 0.3) is 0 Å². The summed E-state index contributed by atoms with van der Waals surface area (Å²) in [5.74, 6) is 0.122. The fourth-order valence-corrected chi connectivity index (χ4v) is 2.10. The summed E-state index contributed by atoms with van der Waals surface area (Å²) in [6.45, 7) is 4.98. The van der Waals surface area contributed by atoms with Gasteiger partial charge in [0.15, 0.2) is 5.78 Å². The Labute approximate surface area is 108 Å². The van der Waals surface area contributed by atoms with Crippen LogP contribution in [0.25, 0.3) is 0 Å². The van der Waals surface area contributed by atoms with Gasteiger partial charge >= 0.3 is 0 Å². The molecular weight excluding hydrogens is 236 g/mol. The fraction of sp³-hybridized carbons (Fsp3) is 0.692. The van der Waals surface area contributed by atoms with Crippen molar-refractivity contribution in [2.75, 3.05) is 0 Å². The second-order valence-electron chi connectivity index (χ2n) is 4.30. The summed E-state index contributed by atoms with van der Waals surface area (Å²) in [5.41, 5.74) is 0.588. The van der Waals surface area contributed by atoms with E-state index in [4.69, 9.17) is 11.6 Å². The number of carbonyl (C=O) groups excluding carboxylic acids is 1. The van der Waals surface area contributed by atoms with Crippen LogP contribution in [0.3, 0.4) is 0 Å². The van der Waals surface area contributed by atoms with E-state index in [9.17, 15) is 4.79 Å². The van der Waals surface area contributed by atoms with Gasteiger partial charge in [-0.2, -0.15) is 5.10 Å². The third-order valence-corrected chi connectivity index (χ3v) is 3.03. The summed E-state index contributed by atoms with van der Waals surface area (Å²) < 4.78 is 1.73. The summed E-state index contributed by atoms with van der Waals surface area (Å²) in [5, 5.41) is 4.62. The van der Waals surface area contributed by atoms with Crippen molar-refractivity contribution >= 4 is 17.4 Å². The lowest BCUT2D eigenvalue weighted by Crippen LogP contribution is -2.11. The number of hydrogen-bond acceptors (Lipinski definition) is 2. The molecule has 0 aliphatic carbocycles. The normalized spacial score (nSPS) is 10.8. The summed E-state index contributed by atoms with van der Waals surface area (Å²) in [4.78, 5) is 12.0. The molecule has 0 bridgehead atoms. The van der Waals surface area contributed by atoms with Crippen LogP contribution in [0.1, 0.15) is 62.9 Å². The number of Topliss-reactive ketones (excluding diaryl/α,β-unsaturated/α-hetero) is 1. The van der Waals surface area contributed by atoms with Gasteiger partial charge in [-0.3, -0.25) is 9.48 Å². The molecule has 0 amide bonds. The van der Waals surface area contributed by atoms with E-state index in [0.29, 0.717) is 17.1 Å². The molecule has 1 aromatic heterocycles. The second kappa shape index (κ2) is 7.49. The number of carbonyl (C=O) groups is 1. The Morgan fingerprint density at radius 2 is 2.06 bits per heavy atom. The average molecular weight is 257 g/mol. The van der Waals surface area contributed by atoms with Crippen molar-refractivity contribution in [3.05, 3.63) is 16.9 Å². The van der Waals surface area contributed by atoms with Gasteiger partial charge in [-0.1, -0.05) is 44.7 Å².